The molecule has 5 nitrogen and oxygen atoms in total. The van der Waals surface area contributed by atoms with E-state index in [0.29, 0.717) is 38.4 Å². The molecule has 0 fully saturated rings. The van der Waals surface area contributed by atoms with Gasteiger partial charge in [0.25, 0.3) is 0 Å². The fourth-order valence-electron chi connectivity index (χ4n) is 2.77. The average molecular weight is 433 g/mol. The van der Waals surface area contributed by atoms with Gasteiger partial charge in [0, 0.05) is 10.0 Å². The van der Waals surface area contributed by atoms with Gasteiger partial charge in [-0.25, -0.2) is 9.37 Å². The summed E-state index contributed by atoms with van der Waals surface area (Å²) < 4.78 is 19.9. The molecule has 134 valence electrons. The predicted octanol–water partition coefficient (Wildman–Crippen LogP) is 5.67. The number of hydrogen-bond acceptors (Lipinski definition) is 4. The highest BCUT2D eigenvalue weighted by Crippen LogP contribution is 2.29. The summed E-state index contributed by atoms with van der Waals surface area (Å²) in [6, 6.07) is 18.6. The molecule has 3 aromatic carbocycles. The van der Waals surface area contributed by atoms with Gasteiger partial charge in [-0.15, -0.1) is 0 Å². The van der Waals surface area contributed by atoms with Gasteiger partial charge < -0.3 is 9.72 Å². The van der Waals surface area contributed by atoms with Gasteiger partial charge >= 0.3 is 0 Å². The molecule has 1 aromatic heterocycles. The molecule has 0 bridgehead atoms. The molecule has 0 spiro atoms. The van der Waals surface area contributed by atoms with Crippen molar-refractivity contribution in [3.05, 3.63) is 76.0 Å². The molecule has 0 saturated carbocycles. The fourth-order valence-corrected chi connectivity index (χ4v) is 3.29. The summed E-state index contributed by atoms with van der Waals surface area (Å²) in [5.41, 5.74) is 2.63. The lowest BCUT2D eigenvalue weighted by Gasteiger charge is -2.07. The van der Waals surface area contributed by atoms with E-state index in [1.54, 1.807) is 24.3 Å². The quantitative estimate of drug-likeness (QED) is 0.451. The highest BCUT2D eigenvalue weighted by atomic mass is 79.9. The third kappa shape index (κ3) is 3.32. The van der Waals surface area contributed by atoms with Crippen LogP contribution >= 0.6 is 15.9 Å². The number of imidazole rings is 1. The maximum absolute atomic E-state index is 13.5. The first-order chi connectivity index (χ1) is 13.6. The molecule has 4 rings (SSSR count). The minimum atomic E-state index is -0.350. The van der Waals surface area contributed by atoms with Crippen LogP contribution in [-0.2, 0) is 0 Å². The summed E-state index contributed by atoms with van der Waals surface area (Å²) in [6.07, 6.45) is 0. The lowest BCUT2D eigenvalue weighted by molar-refractivity contribution is 0.482. The van der Waals surface area contributed by atoms with E-state index in [1.807, 2.05) is 24.3 Å². The number of fused-ring (bicyclic) bond motifs is 1. The summed E-state index contributed by atoms with van der Waals surface area (Å²) in [4.78, 5) is 7.60. The predicted molar refractivity (Wildman–Crippen MR) is 105 cm³/mol. The number of hydrogen-bond donors (Lipinski definition) is 1. The van der Waals surface area contributed by atoms with Crippen molar-refractivity contribution in [2.75, 3.05) is 0 Å². The van der Waals surface area contributed by atoms with E-state index in [9.17, 15) is 4.39 Å². The molecular formula is C21H10BrFN4O. The minimum Gasteiger partial charge on any atom is -0.457 e. The first-order valence-electron chi connectivity index (χ1n) is 8.14. The Kier molecular flexibility index (Phi) is 4.52. The van der Waals surface area contributed by atoms with Crippen LogP contribution in [-0.4, -0.2) is 9.97 Å². The minimum absolute atomic E-state index is 0.261. The van der Waals surface area contributed by atoms with Crippen LogP contribution < -0.4 is 4.74 Å². The highest BCUT2D eigenvalue weighted by molar-refractivity contribution is 9.10. The van der Waals surface area contributed by atoms with Gasteiger partial charge in [-0.05, 0) is 70.5 Å². The molecule has 0 aliphatic heterocycles. The van der Waals surface area contributed by atoms with Crippen LogP contribution in [0.3, 0.4) is 0 Å². The highest BCUT2D eigenvalue weighted by Gasteiger charge is 2.10. The number of H-pyrrole nitrogens is 1. The van der Waals surface area contributed by atoms with Crippen molar-refractivity contribution in [1.82, 2.24) is 9.97 Å². The number of rotatable bonds is 3. The molecule has 0 radical (unpaired) electrons. The topological polar surface area (TPSA) is 85.5 Å². The van der Waals surface area contributed by atoms with Crippen LogP contribution in [0.1, 0.15) is 11.1 Å². The summed E-state index contributed by atoms with van der Waals surface area (Å²) in [5, 5.41) is 18.1. The largest absolute Gasteiger partial charge is 0.457 e. The van der Waals surface area contributed by atoms with Crippen molar-refractivity contribution in [1.29, 1.82) is 10.5 Å². The molecule has 0 atom stereocenters. The van der Waals surface area contributed by atoms with Gasteiger partial charge in [0.15, 0.2) is 0 Å². The number of nitriles is 2. The third-order valence-electron chi connectivity index (χ3n) is 4.10. The van der Waals surface area contributed by atoms with Crippen LogP contribution in [0.15, 0.2) is 59.1 Å². The van der Waals surface area contributed by atoms with Gasteiger partial charge in [0.1, 0.15) is 40.8 Å². The number of halogens is 2. The van der Waals surface area contributed by atoms with Crippen molar-refractivity contribution >= 4 is 27.0 Å². The molecule has 7 heteroatoms. The number of benzene rings is 3. The molecule has 0 aliphatic carbocycles. The van der Waals surface area contributed by atoms with Crippen LogP contribution in [0, 0.1) is 28.5 Å². The van der Waals surface area contributed by atoms with E-state index in [2.05, 4.69) is 25.9 Å². The smallest absolute Gasteiger partial charge is 0.138 e. The molecule has 0 aliphatic rings. The van der Waals surface area contributed by atoms with Crippen molar-refractivity contribution in [2.45, 2.75) is 0 Å². The van der Waals surface area contributed by atoms with E-state index >= 15 is 0 Å². The van der Waals surface area contributed by atoms with Crippen molar-refractivity contribution in [3.63, 3.8) is 0 Å². The molecule has 0 saturated heterocycles. The van der Waals surface area contributed by atoms with Gasteiger partial charge in [-0.2, -0.15) is 10.5 Å². The number of aromatic nitrogens is 2. The fraction of sp³-hybridized carbons (Fsp3) is 0. The number of nitrogens with zero attached hydrogens (tertiary/aromatic N) is 3. The normalized spacial score (nSPS) is 10.4. The Labute approximate surface area is 167 Å². The van der Waals surface area contributed by atoms with E-state index in [1.165, 1.54) is 18.2 Å². The molecule has 1 N–H and O–H groups in total. The first-order valence-corrected chi connectivity index (χ1v) is 8.94. The summed E-state index contributed by atoms with van der Waals surface area (Å²) in [7, 11) is 0. The Hall–Kier alpha value is -3.68. The number of nitrogens with one attached hydrogen (secondary N) is 1. The summed E-state index contributed by atoms with van der Waals surface area (Å²) in [6.45, 7) is 0. The van der Waals surface area contributed by atoms with E-state index in [4.69, 9.17) is 15.3 Å². The van der Waals surface area contributed by atoms with E-state index in [-0.39, 0.29) is 11.4 Å². The van der Waals surface area contributed by atoms with Gasteiger partial charge in [-0.3, -0.25) is 0 Å². The van der Waals surface area contributed by atoms with Crippen molar-refractivity contribution in [2.24, 2.45) is 0 Å². The van der Waals surface area contributed by atoms with Gasteiger partial charge in [0.2, 0.25) is 0 Å². The zero-order valence-corrected chi connectivity index (χ0v) is 15.8. The standard InChI is InChI=1S/C21H10BrFN4O/c22-18-8-15(23)9-19-20(18)27-21(26-19)12-1-4-16(5-2-12)28-17-6-3-13(10-24)14(7-17)11-25/h1-9H,(H,26,27). The number of aromatic amines is 1. The zero-order chi connectivity index (χ0) is 19.7. The zero-order valence-electron chi connectivity index (χ0n) is 14.2. The lowest BCUT2D eigenvalue weighted by Crippen LogP contribution is -1.89. The Bertz CT molecular complexity index is 1280. The van der Waals surface area contributed by atoms with Crippen LogP contribution in [0.2, 0.25) is 0 Å². The Morgan fingerprint density at radius 2 is 1.64 bits per heavy atom. The van der Waals surface area contributed by atoms with Gasteiger partial charge in [-0.1, -0.05) is 0 Å². The maximum Gasteiger partial charge on any atom is 0.138 e. The molecule has 28 heavy (non-hydrogen) atoms. The Morgan fingerprint density at radius 1 is 0.929 bits per heavy atom. The molecule has 4 aromatic rings. The van der Waals surface area contributed by atoms with E-state index < -0.39 is 0 Å². The molecular weight excluding hydrogens is 423 g/mol. The van der Waals surface area contributed by atoms with Crippen LogP contribution in [0.5, 0.6) is 11.5 Å². The van der Waals surface area contributed by atoms with Crippen molar-refractivity contribution < 1.29 is 9.13 Å². The van der Waals surface area contributed by atoms with Crippen LogP contribution in [0.25, 0.3) is 22.4 Å². The average Bonchev–Trinajstić information content (AvgIpc) is 3.13. The summed E-state index contributed by atoms with van der Waals surface area (Å²) in [5.74, 6) is 1.29. The van der Waals surface area contributed by atoms with Crippen LogP contribution in [0.4, 0.5) is 4.39 Å². The first kappa shape index (κ1) is 17.7. The molecule has 0 amide bonds. The second kappa shape index (κ2) is 7.15. The SMILES string of the molecule is N#Cc1ccc(Oc2ccc(-c3nc4c(Br)cc(F)cc4[nH]3)cc2)cc1C#N. The Balaban J connectivity index is 1.60. The lowest BCUT2D eigenvalue weighted by atomic mass is 10.1. The second-order valence-corrected chi connectivity index (χ2v) is 6.78. The number of ether oxygens (including phenoxy) is 1. The Morgan fingerprint density at radius 3 is 2.36 bits per heavy atom. The van der Waals surface area contributed by atoms with Gasteiger partial charge in [0.05, 0.1) is 16.6 Å². The monoisotopic (exact) mass is 432 g/mol. The summed E-state index contributed by atoms with van der Waals surface area (Å²) >= 11 is 3.32. The third-order valence-corrected chi connectivity index (χ3v) is 4.70. The molecule has 1 heterocycles. The van der Waals surface area contributed by atoms with E-state index in [0.717, 1.165) is 5.56 Å². The van der Waals surface area contributed by atoms with Crippen molar-refractivity contribution in [3.8, 4) is 35.0 Å². The second-order valence-electron chi connectivity index (χ2n) is 5.93. The maximum atomic E-state index is 13.5. The molecule has 0 unspecified atom stereocenters.